The van der Waals surface area contributed by atoms with Crippen LogP contribution in [0.2, 0.25) is 0 Å². The molecule has 0 radical (unpaired) electrons. The van der Waals surface area contributed by atoms with Crippen molar-refractivity contribution in [2.75, 3.05) is 5.73 Å². The van der Waals surface area contributed by atoms with E-state index in [1.54, 1.807) is 6.20 Å². The highest BCUT2D eigenvalue weighted by Gasteiger charge is 2.02. The van der Waals surface area contributed by atoms with Gasteiger partial charge in [0.15, 0.2) is 0 Å². The van der Waals surface area contributed by atoms with E-state index in [4.69, 9.17) is 5.73 Å². The minimum Gasteiger partial charge on any atom is -0.383 e. The molecule has 0 spiro atoms. The van der Waals surface area contributed by atoms with Gasteiger partial charge in [-0.3, -0.25) is 0 Å². The molecule has 0 aliphatic carbocycles. The van der Waals surface area contributed by atoms with Crippen LogP contribution in [0.1, 0.15) is 17.0 Å². The number of nitrogens with zero attached hydrogens (tertiary/aromatic N) is 2. The first kappa shape index (κ1) is 9.65. The largest absolute Gasteiger partial charge is 0.383 e. The first-order chi connectivity index (χ1) is 7.25. The Balaban J connectivity index is 2.25. The minimum atomic E-state index is 0.575. The zero-order chi connectivity index (χ0) is 10.7. The molecule has 2 rings (SSSR count). The maximum atomic E-state index is 5.82. The van der Waals surface area contributed by atoms with Crippen LogP contribution in [0.4, 0.5) is 5.82 Å². The summed E-state index contributed by atoms with van der Waals surface area (Å²) in [6, 6.07) is 10.2. The third kappa shape index (κ3) is 2.31. The molecule has 1 aromatic carbocycles. The smallest absolute Gasteiger partial charge is 0.130 e. The van der Waals surface area contributed by atoms with Gasteiger partial charge in [0, 0.05) is 18.2 Å². The second-order valence-electron chi connectivity index (χ2n) is 3.49. The Kier molecular flexibility index (Phi) is 2.63. The van der Waals surface area contributed by atoms with E-state index < -0.39 is 0 Å². The summed E-state index contributed by atoms with van der Waals surface area (Å²) in [5.41, 5.74) is 8.02. The molecule has 0 unspecified atom stereocenters. The predicted octanol–water partition coefficient (Wildman–Crippen LogP) is 1.96. The summed E-state index contributed by atoms with van der Waals surface area (Å²) in [7, 11) is 0. The van der Waals surface area contributed by atoms with Crippen molar-refractivity contribution in [3.8, 4) is 0 Å². The number of hydrogen-bond acceptors (Lipinski definition) is 3. The first-order valence-corrected chi connectivity index (χ1v) is 4.87. The molecule has 15 heavy (non-hydrogen) atoms. The van der Waals surface area contributed by atoms with Crippen LogP contribution in [0, 0.1) is 6.92 Å². The van der Waals surface area contributed by atoms with Crippen molar-refractivity contribution in [1.82, 2.24) is 9.97 Å². The fraction of sp³-hybridized carbons (Fsp3) is 0.167. The Morgan fingerprint density at radius 1 is 1.20 bits per heavy atom. The van der Waals surface area contributed by atoms with E-state index in [0.717, 1.165) is 12.0 Å². The van der Waals surface area contributed by atoms with Crippen molar-refractivity contribution in [3.63, 3.8) is 0 Å². The second-order valence-corrected chi connectivity index (χ2v) is 3.49. The molecular formula is C12H13N3. The van der Waals surface area contributed by atoms with Crippen molar-refractivity contribution in [3.05, 3.63) is 53.5 Å². The zero-order valence-corrected chi connectivity index (χ0v) is 8.64. The quantitative estimate of drug-likeness (QED) is 0.804. The van der Waals surface area contributed by atoms with Crippen molar-refractivity contribution in [1.29, 1.82) is 0 Å². The highest BCUT2D eigenvalue weighted by atomic mass is 14.9. The van der Waals surface area contributed by atoms with Crippen LogP contribution >= 0.6 is 0 Å². The first-order valence-electron chi connectivity index (χ1n) is 4.87. The zero-order valence-electron chi connectivity index (χ0n) is 8.64. The lowest BCUT2D eigenvalue weighted by atomic mass is 10.1. The topological polar surface area (TPSA) is 51.8 Å². The van der Waals surface area contributed by atoms with Crippen LogP contribution in [-0.4, -0.2) is 9.97 Å². The number of rotatable bonds is 2. The van der Waals surface area contributed by atoms with Crippen LogP contribution < -0.4 is 5.73 Å². The van der Waals surface area contributed by atoms with E-state index in [9.17, 15) is 0 Å². The van der Waals surface area contributed by atoms with Crippen molar-refractivity contribution in [2.45, 2.75) is 13.3 Å². The van der Waals surface area contributed by atoms with Gasteiger partial charge >= 0.3 is 0 Å². The van der Waals surface area contributed by atoms with Gasteiger partial charge < -0.3 is 5.73 Å². The highest BCUT2D eigenvalue weighted by Crippen LogP contribution is 2.13. The van der Waals surface area contributed by atoms with Gasteiger partial charge in [-0.15, -0.1) is 0 Å². The summed E-state index contributed by atoms with van der Waals surface area (Å²) >= 11 is 0. The number of aryl methyl sites for hydroxylation is 1. The van der Waals surface area contributed by atoms with E-state index in [0.29, 0.717) is 11.6 Å². The SMILES string of the molecule is Cc1ncc(Cc2ccccc2)c(N)n1. The monoisotopic (exact) mass is 199 g/mol. The van der Waals surface area contributed by atoms with Gasteiger partial charge in [-0.05, 0) is 12.5 Å². The second kappa shape index (κ2) is 4.09. The number of anilines is 1. The molecular weight excluding hydrogens is 186 g/mol. The van der Waals surface area contributed by atoms with Gasteiger partial charge in [-0.1, -0.05) is 30.3 Å². The van der Waals surface area contributed by atoms with Crippen LogP contribution in [0.15, 0.2) is 36.5 Å². The molecule has 3 nitrogen and oxygen atoms in total. The number of benzene rings is 1. The lowest BCUT2D eigenvalue weighted by Crippen LogP contribution is -2.01. The van der Waals surface area contributed by atoms with Crippen molar-refractivity contribution in [2.24, 2.45) is 0 Å². The molecule has 3 heteroatoms. The third-order valence-corrected chi connectivity index (χ3v) is 2.26. The molecule has 0 bridgehead atoms. The van der Waals surface area contributed by atoms with Gasteiger partial charge in [-0.25, -0.2) is 9.97 Å². The number of aromatic nitrogens is 2. The van der Waals surface area contributed by atoms with Gasteiger partial charge in [0.1, 0.15) is 11.6 Å². The van der Waals surface area contributed by atoms with Gasteiger partial charge in [0.05, 0.1) is 0 Å². The lowest BCUT2D eigenvalue weighted by molar-refractivity contribution is 1.01. The van der Waals surface area contributed by atoms with Crippen molar-refractivity contribution < 1.29 is 0 Å². The van der Waals surface area contributed by atoms with Gasteiger partial charge in [0.25, 0.3) is 0 Å². The summed E-state index contributed by atoms with van der Waals surface area (Å²) < 4.78 is 0. The molecule has 0 atom stereocenters. The summed E-state index contributed by atoms with van der Waals surface area (Å²) in [5, 5.41) is 0. The molecule has 1 aromatic heterocycles. The summed E-state index contributed by atoms with van der Waals surface area (Å²) in [5.74, 6) is 1.29. The van der Waals surface area contributed by atoms with Crippen molar-refractivity contribution >= 4 is 5.82 Å². The Hall–Kier alpha value is -1.90. The van der Waals surface area contributed by atoms with Gasteiger partial charge in [-0.2, -0.15) is 0 Å². The Morgan fingerprint density at radius 2 is 1.93 bits per heavy atom. The van der Waals surface area contributed by atoms with E-state index >= 15 is 0 Å². The normalized spacial score (nSPS) is 10.2. The third-order valence-electron chi connectivity index (χ3n) is 2.26. The standard InChI is InChI=1S/C12H13N3/c1-9-14-8-11(12(13)15-9)7-10-5-3-2-4-6-10/h2-6,8H,7H2,1H3,(H2,13,14,15). The summed E-state index contributed by atoms with van der Waals surface area (Å²) in [6.07, 6.45) is 2.58. The van der Waals surface area contributed by atoms with Crippen LogP contribution in [0.5, 0.6) is 0 Å². The molecule has 2 N–H and O–H groups in total. The molecule has 0 saturated heterocycles. The molecule has 76 valence electrons. The fourth-order valence-electron chi connectivity index (χ4n) is 1.46. The summed E-state index contributed by atoms with van der Waals surface area (Å²) in [4.78, 5) is 8.28. The van der Waals surface area contributed by atoms with E-state index in [1.165, 1.54) is 5.56 Å². The van der Waals surface area contributed by atoms with Gasteiger partial charge in [0.2, 0.25) is 0 Å². The molecule has 0 saturated carbocycles. The lowest BCUT2D eigenvalue weighted by Gasteiger charge is -2.04. The van der Waals surface area contributed by atoms with Crippen LogP contribution in [0.3, 0.4) is 0 Å². The van der Waals surface area contributed by atoms with E-state index in [1.807, 2.05) is 25.1 Å². The molecule has 0 aliphatic heterocycles. The number of hydrogen-bond donors (Lipinski definition) is 1. The Morgan fingerprint density at radius 3 is 2.60 bits per heavy atom. The van der Waals surface area contributed by atoms with Crippen LogP contribution in [0.25, 0.3) is 0 Å². The number of nitrogens with two attached hydrogens (primary N) is 1. The molecule has 0 fully saturated rings. The average molecular weight is 199 g/mol. The Labute approximate surface area is 89.0 Å². The Bertz CT molecular complexity index is 452. The number of nitrogen functional groups attached to an aromatic ring is 1. The molecule has 0 aliphatic rings. The fourth-order valence-corrected chi connectivity index (χ4v) is 1.46. The summed E-state index contributed by atoms with van der Waals surface area (Å²) in [6.45, 7) is 1.84. The average Bonchev–Trinajstić information content (AvgIpc) is 2.24. The predicted molar refractivity (Wildman–Crippen MR) is 60.4 cm³/mol. The molecule has 1 heterocycles. The van der Waals surface area contributed by atoms with E-state index in [2.05, 4.69) is 22.1 Å². The molecule has 2 aromatic rings. The van der Waals surface area contributed by atoms with Crippen LogP contribution in [-0.2, 0) is 6.42 Å². The highest BCUT2D eigenvalue weighted by molar-refractivity contribution is 5.40. The minimum absolute atomic E-state index is 0.575. The maximum absolute atomic E-state index is 5.82. The maximum Gasteiger partial charge on any atom is 0.130 e. The molecule has 0 amide bonds. The van der Waals surface area contributed by atoms with E-state index in [-0.39, 0.29) is 0 Å².